The van der Waals surface area contributed by atoms with Crippen LogP contribution in [-0.4, -0.2) is 21.7 Å². The third-order valence-corrected chi connectivity index (χ3v) is 4.50. The number of benzene rings is 2. The fourth-order valence-electron chi connectivity index (χ4n) is 3.06. The second-order valence-electron chi connectivity index (χ2n) is 6.62. The third-order valence-electron chi connectivity index (χ3n) is 4.50. The molecule has 1 heterocycles. The largest absolute Gasteiger partial charge is 0.326 e. The maximum Gasteiger partial charge on any atom is 0.273 e. The highest BCUT2D eigenvalue weighted by Crippen LogP contribution is 2.26. The average Bonchev–Trinajstić information content (AvgIpc) is 2.72. The van der Waals surface area contributed by atoms with Crippen LogP contribution >= 0.6 is 0 Å². The maximum absolute atomic E-state index is 13.2. The number of carbonyl (C=O) groups excluding carboxylic acids is 2. The van der Waals surface area contributed by atoms with E-state index in [2.05, 4.69) is 10.3 Å². The first-order valence-electron chi connectivity index (χ1n) is 9.18. The first-order valence-corrected chi connectivity index (χ1v) is 9.18. The van der Waals surface area contributed by atoms with Crippen LogP contribution < -0.4 is 5.32 Å². The van der Waals surface area contributed by atoms with Gasteiger partial charge in [-0.05, 0) is 42.3 Å². The number of pyridine rings is 1. The number of nitrogens with zero attached hydrogens (tertiary/aromatic N) is 2. The van der Waals surface area contributed by atoms with Crippen molar-refractivity contribution in [3.8, 4) is 0 Å². The summed E-state index contributed by atoms with van der Waals surface area (Å²) in [5.41, 5.74) is 3.09. The Morgan fingerprint density at radius 1 is 1.00 bits per heavy atom. The van der Waals surface area contributed by atoms with Crippen LogP contribution in [0.4, 0.5) is 5.69 Å². The van der Waals surface area contributed by atoms with Crippen LogP contribution in [0.5, 0.6) is 0 Å². The Bertz CT molecular complexity index is 942. The molecule has 0 aliphatic rings. The number of aromatic nitrogens is 1. The Morgan fingerprint density at radius 3 is 2.43 bits per heavy atom. The zero-order valence-corrected chi connectivity index (χ0v) is 16.0. The molecule has 3 aromatic rings. The van der Waals surface area contributed by atoms with Gasteiger partial charge in [0.25, 0.3) is 5.91 Å². The molecule has 0 spiro atoms. The summed E-state index contributed by atoms with van der Waals surface area (Å²) in [4.78, 5) is 30.6. The van der Waals surface area contributed by atoms with Crippen LogP contribution in [0.1, 0.15) is 41.5 Å². The summed E-state index contributed by atoms with van der Waals surface area (Å²) in [5.74, 6) is -0.266. The van der Waals surface area contributed by atoms with E-state index in [1.807, 2.05) is 67.6 Å². The summed E-state index contributed by atoms with van der Waals surface area (Å²) >= 11 is 0. The van der Waals surface area contributed by atoms with E-state index in [-0.39, 0.29) is 17.9 Å². The predicted octanol–water partition coefficient (Wildman–Crippen LogP) is 4.44. The van der Waals surface area contributed by atoms with E-state index in [4.69, 9.17) is 0 Å². The molecule has 2 aromatic carbocycles. The molecular weight excluding hydrogens is 350 g/mol. The molecule has 1 N–H and O–H groups in total. The number of amides is 2. The molecule has 0 bridgehead atoms. The highest BCUT2D eigenvalue weighted by Gasteiger charge is 2.24. The Morgan fingerprint density at radius 2 is 1.75 bits per heavy atom. The average molecular weight is 373 g/mol. The fraction of sp³-hybridized carbons (Fsp3) is 0.174. The second-order valence-corrected chi connectivity index (χ2v) is 6.62. The molecular formula is C23H23N3O2. The molecule has 0 aliphatic carbocycles. The number of nitrogens with one attached hydrogen (secondary N) is 1. The second kappa shape index (κ2) is 8.95. The monoisotopic (exact) mass is 373 g/mol. The molecule has 1 unspecified atom stereocenters. The van der Waals surface area contributed by atoms with Crippen LogP contribution in [-0.2, 0) is 11.3 Å². The van der Waals surface area contributed by atoms with Gasteiger partial charge in [-0.1, -0.05) is 48.5 Å². The van der Waals surface area contributed by atoms with Gasteiger partial charge in [0, 0.05) is 25.4 Å². The molecule has 0 fully saturated rings. The van der Waals surface area contributed by atoms with E-state index in [0.717, 1.165) is 11.1 Å². The highest BCUT2D eigenvalue weighted by atomic mass is 16.2. The van der Waals surface area contributed by atoms with Gasteiger partial charge in [-0.2, -0.15) is 0 Å². The van der Waals surface area contributed by atoms with Gasteiger partial charge in [0.05, 0.1) is 6.04 Å². The van der Waals surface area contributed by atoms with E-state index in [9.17, 15) is 9.59 Å². The first kappa shape index (κ1) is 19.3. The molecule has 0 saturated carbocycles. The summed E-state index contributed by atoms with van der Waals surface area (Å²) in [5, 5.41) is 2.79. The molecule has 5 heteroatoms. The van der Waals surface area contributed by atoms with Crippen molar-refractivity contribution in [2.75, 3.05) is 5.32 Å². The number of rotatable bonds is 6. The van der Waals surface area contributed by atoms with Crippen molar-refractivity contribution < 1.29 is 9.59 Å². The molecule has 0 saturated heterocycles. The Balaban J connectivity index is 1.93. The minimum atomic E-state index is -0.205. The van der Waals surface area contributed by atoms with Gasteiger partial charge >= 0.3 is 0 Å². The van der Waals surface area contributed by atoms with Gasteiger partial charge in [0.2, 0.25) is 5.91 Å². The van der Waals surface area contributed by atoms with Gasteiger partial charge in [0.15, 0.2) is 0 Å². The molecule has 5 nitrogen and oxygen atoms in total. The number of hydrogen-bond acceptors (Lipinski definition) is 3. The lowest BCUT2D eigenvalue weighted by Crippen LogP contribution is -2.33. The lowest BCUT2D eigenvalue weighted by Gasteiger charge is -2.30. The lowest BCUT2D eigenvalue weighted by atomic mass is 10.0. The highest BCUT2D eigenvalue weighted by molar-refractivity contribution is 5.92. The fourth-order valence-corrected chi connectivity index (χ4v) is 3.06. The van der Waals surface area contributed by atoms with Gasteiger partial charge in [-0.15, -0.1) is 0 Å². The molecule has 1 atom stereocenters. The first-order chi connectivity index (χ1) is 13.5. The summed E-state index contributed by atoms with van der Waals surface area (Å²) in [6.07, 6.45) is 1.62. The molecule has 28 heavy (non-hydrogen) atoms. The van der Waals surface area contributed by atoms with Crippen molar-refractivity contribution in [1.29, 1.82) is 0 Å². The van der Waals surface area contributed by atoms with E-state index >= 15 is 0 Å². The maximum atomic E-state index is 13.2. The smallest absolute Gasteiger partial charge is 0.273 e. The van der Waals surface area contributed by atoms with E-state index in [1.165, 1.54) is 6.92 Å². The zero-order chi connectivity index (χ0) is 19.9. The van der Waals surface area contributed by atoms with E-state index in [1.54, 1.807) is 23.2 Å². The van der Waals surface area contributed by atoms with Crippen molar-refractivity contribution in [3.05, 3.63) is 95.8 Å². The van der Waals surface area contributed by atoms with Gasteiger partial charge < -0.3 is 10.2 Å². The normalized spacial score (nSPS) is 11.5. The Hall–Kier alpha value is -3.47. The lowest BCUT2D eigenvalue weighted by molar-refractivity contribution is -0.114. The van der Waals surface area contributed by atoms with Gasteiger partial charge in [0.1, 0.15) is 5.69 Å². The van der Waals surface area contributed by atoms with Crippen molar-refractivity contribution in [1.82, 2.24) is 9.88 Å². The van der Waals surface area contributed by atoms with E-state index < -0.39 is 0 Å². The van der Waals surface area contributed by atoms with Crippen molar-refractivity contribution in [2.24, 2.45) is 0 Å². The predicted molar refractivity (Wildman–Crippen MR) is 110 cm³/mol. The summed E-state index contributed by atoms with van der Waals surface area (Å²) in [7, 11) is 0. The number of carbonyl (C=O) groups is 2. The Labute approximate surface area is 165 Å². The number of hydrogen-bond donors (Lipinski definition) is 1. The molecule has 3 rings (SSSR count). The van der Waals surface area contributed by atoms with Crippen molar-refractivity contribution in [2.45, 2.75) is 26.4 Å². The third kappa shape index (κ3) is 4.82. The molecule has 1 aromatic heterocycles. The SMILES string of the molecule is CC(=O)Nc1cccc(C(C)N(Cc2ccccc2)C(=O)c2ccccn2)c1. The Kier molecular flexibility index (Phi) is 6.17. The van der Waals surface area contributed by atoms with Crippen LogP contribution in [0.25, 0.3) is 0 Å². The van der Waals surface area contributed by atoms with Crippen LogP contribution in [0, 0.1) is 0 Å². The van der Waals surface area contributed by atoms with E-state index in [0.29, 0.717) is 17.9 Å². The van der Waals surface area contributed by atoms with Gasteiger partial charge in [-0.25, -0.2) is 0 Å². The molecule has 0 aliphatic heterocycles. The quantitative estimate of drug-likeness (QED) is 0.695. The van der Waals surface area contributed by atoms with Crippen LogP contribution in [0.2, 0.25) is 0 Å². The minimum Gasteiger partial charge on any atom is -0.326 e. The van der Waals surface area contributed by atoms with Crippen LogP contribution in [0.3, 0.4) is 0 Å². The minimum absolute atomic E-state index is 0.129. The molecule has 142 valence electrons. The standard InChI is InChI=1S/C23H23N3O2/c1-17(20-11-8-12-21(15-20)25-18(2)27)26(16-19-9-4-3-5-10-19)23(28)22-13-6-7-14-24-22/h3-15,17H,16H2,1-2H3,(H,25,27). The van der Waals surface area contributed by atoms with Crippen LogP contribution in [0.15, 0.2) is 79.0 Å². The van der Waals surface area contributed by atoms with Crippen molar-refractivity contribution >= 4 is 17.5 Å². The summed E-state index contributed by atoms with van der Waals surface area (Å²) < 4.78 is 0. The molecule has 0 radical (unpaired) electrons. The zero-order valence-electron chi connectivity index (χ0n) is 16.0. The topological polar surface area (TPSA) is 62.3 Å². The molecule has 2 amide bonds. The number of anilines is 1. The van der Waals surface area contributed by atoms with Gasteiger partial charge in [-0.3, -0.25) is 14.6 Å². The summed E-state index contributed by atoms with van der Waals surface area (Å²) in [6.45, 7) is 3.92. The van der Waals surface area contributed by atoms with Crippen molar-refractivity contribution in [3.63, 3.8) is 0 Å². The summed E-state index contributed by atoms with van der Waals surface area (Å²) in [6, 6.07) is 22.6.